The van der Waals surface area contributed by atoms with E-state index in [0.29, 0.717) is 29.3 Å². The van der Waals surface area contributed by atoms with E-state index in [-0.39, 0.29) is 17.7 Å². The Kier molecular flexibility index (Phi) is 4.80. The third kappa shape index (κ3) is 3.40. The fourth-order valence-corrected chi connectivity index (χ4v) is 3.88. The Hall–Kier alpha value is -2.02. The number of likely N-dealkylation sites (tertiary alicyclic amines) is 1. The van der Waals surface area contributed by atoms with Crippen LogP contribution in [0.4, 0.5) is 0 Å². The number of carbonyl (C=O) groups excluding carboxylic acids is 2. The van der Waals surface area contributed by atoms with Crippen LogP contribution in [0.25, 0.3) is 0 Å². The number of hydrogen-bond donors (Lipinski definition) is 0. The molecule has 0 unspecified atom stereocenters. The molecule has 24 heavy (non-hydrogen) atoms. The summed E-state index contributed by atoms with van der Waals surface area (Å²) in [6, 6.07) is -0.0326. The summed E-state index contributed by atoms with van der Waals surface area (Å²) in [4.78, 5) is 32.0. The molecule has 0 N–H and O–H groups in total. The molecule has 1 fully saturated rings. The SMILES string of the molecule is CC(C)c1ncc(C(=O)N2CCC[C@@H]2CC(=O)c2cnn(C)c2)s1. The zero-order chi connectivity index (χ0) is 17.3. The minimum Gasteiger partial charge on any atom is -0.334 e. The van der Waals surface area contributed by atoms with Crippen LogP contribution in [0.2, 0.25) is 0 Å². The van der Waals surface area contributed by atoms with Gasteiger partial charge in [-0.2, -0.15) is 5.10 Å². The highest BCUT2D eigenvalue weighted by Gasteiger charge is 2.32. The number of aromatic nitrogens is 3. The lowest BCUT2D eigenvalue weighted by molar-refractivity contribution is 0.0721. The summed E-state index contributed by atoms with van der Waals surface area (Å²) in [5.41, 5.74) is 0.608. The number of Topliss-reactive ketones (excluding diaryl/α,β-unsaturated/α-hetero) is 1. The summed E-state index contributed by atoms with van der Waals surface area (Å²) in [5.74, 6) is 0.360. The summed E-state index contributed by atoms with van der Waals surface area (Å²) in [7, 11) is 1.79. The Morgan fingerprint density at radius 3 is 2.79 bits per heavy atom. The highest BCUT2D eigenvalue weighted by Crippen LogP contribution is 2.27. The fourth-order valence-electron chi connectivity index (χ4n) is 3.01. The number of thiazole rings is 1. The van der Waals surface area contributed by atoms with Crippen LogP contribution in [0.15, 0.2) is 18.6 Å². The van der Waals surface area contributed by atoms with E-state index in [4.69, 9.17) is 0 Å². The smallest absolute Gasteiger partial charge is 0.265 e. The molecule has 1 aliphatic rings. The Bertz CT molecular complexity index is 749. The first-order valence-electron chi connectivity index (χ1n) is 8.24. The van der Waals surface area contributed by atoms with Crippen molar-refractivity contribution < 1.29 is 9.59 Å². The molecule has 1 amide bonds. The zero-order valence-corrected chi connectivity index (χ0v) is 15.0. The van der Waals surface area contributed by atoms with Gasteiger partial charge in [0, 0.05) is 38.2 Å². The summed E-state index contributed by atoms with van der Waals surface area (Å²) >= 11 is 1.46. The van der Waals surface area contributed by atoms with Gasteiger partial charge in [0.05, 0.1) is 23.0 Å². The van der Waals surface area contributed by atoms with E-state index in [9.17, 15) is 9.59 Å². The average molecular weight is 346 g/mol. The molecule has 0 aliphatic carbocycles. The summed E-state index contributed by atoms with van der Waals surface area (Å²) in [5, 5.41) is 5.01. The van der Waals surface area contributed by atoms with Crippen molar-refractivity contribution in [1.82, 2.24) is 19.7 Å². The number of amides is 1. The number of carbonyl (C=O) groups is 2. The molecule has 2 aromatic heterocycles. The molecule has 1 atom stereocenters. The van der Waals surface area contributed by atoms with E-state index in [1.165, 1.54) is 11.3 Å². The first kappa shape index (κ1) is 16.8. The number of aryl methyl sites for hydroxylation is 1. The number of nitrogens with zero attached hydrogens (tertiary/aromatic N) is 4. The molecule has 1 aliphatic heterocycles. The molecule has 128 valence electrons. The molecule has 0 aromatic carbocycles. The number of rotatable bonds is 5. The maximum absolute atomic E-state index is 12.8. The number of hydrogen-bond acceptors (Lipinski definition) is 5. The minimum atomic E-state index is -0.0326. The van der Waals surface area contributed by atoms with Crippen LogP contribution in [0.3, 0.4) is 0 Å². The van der Waals surface area contributed by atoms with E-state index in [0.717, 1.165) is 17.8 Å². The van der Waals surface area contributed by atoms with Crippen LogP contribution in [0.1, 0.15) is 64.1 Å². The van der Waals surface area contributed by atoms with Crippen LogP contribution < -0.4 is 0 Å². The summed E-state index contributed by atoms with van der Waals surface area (Å²) < 4.78 is 1.62. The maximum Gasteiger partial charge on any atom is 0.265 e. The van der Waals surface area contributed by atoms with E-state index < -0.39 is 0 Å². The van der Waals surface area contributed by atoms with E-state index in [2.05, 4.69) is 23.9 Å². The zero-order valence-electron chi connectivity index (χ0n) is 14.2. The maximum atomic E-state index is 12.8. The van der Waals surface area contributed by atoms with Crippen molar-refractivity contribution in [1.29, 1.82) is 0 Å². The van der Waals surface area contributed by atoms with E-state index in [1.807, 2.05) is 4.90 Å². The van der Waals surface area contributed by atoms with Gasteiger partial charge >= 0.3 is 0 Å². The number of ketones is 1. The second-order valence-electron chi connectivity index (χ2n) is 6.54. The van der Waals surface area contributed by atoms with Gasteiger partial charge in [0.2, 0.25) is 0 Å². The average Bonchev–Trinajstić information content (AvgIpc) is 3.26. The highest BCUT2D eigenvalue weighted by molar-refractivity contribution is 7.13. The Morgan fingerprint density at radius 1 is 1.38 bits per heavy atom. The van der Waals surface area contributed by atoms with Gasteiger partial charge in [-0.3, -0.25) is 14.3 Å². The predicted molar refractivity (Wildman–Crippen MR) is 92.4 cm³/mol. The van der Waals surface area contributed by atoms with Crippen molar-refractivity contribution in [3.05, 3.63) is 34.0 Å². The van der Waals surface area contributed by atoms with Crippen LogP contribution >= 0.6 is 11.3 Å². The first-order chi connectivity index (χ1) is 11.5. The predicted octanol–water partition coefficient (Wildman–Crippen LogP) is 2.88. The van der Waals surface area contributed by atoms with Gasteiger partial charge in [-0.25, -0.2) is 4.98 Å². The Labute approximate surface area is 145 Å². The van der Waals surface area contributed by atoms with Gasteiger partial charge in [-0.15, -0.1) is 11.3 Å². The molecular formula is C17H22N4O2S. The highest BCUT2D eigenvalue weighted by atomic mass is 32.1. The van der Waals surface area contributed by atoms with Gasteiger partial charge < -0.3 is 4.90 Å². The molecule has 2 aromatic rings. The molecule has 0 bridgehead atoms. The molecule has 0 spiro atoms. The van der Waals surface area contributed by atoms with Crippen LogP contribution in [0.5, 0.6) is 0 Å². The topological polar surface area (TPSA) is 68.1 Å². The molecule has 3 rings (SSSR count). The molecule has 6 nitrogen and oxygen atoms in total. The van der Waals surface area contributed by atoms with Crippen molar-refractivity contribution in [2.45, 2.75) is 45.1 Å². The Balaban J connectivity index is 1.70. The molecular weight excluding hydrogens is 324 g/mol. The minimum absolute atomic E-state index is 0.000821. The van der Waals surface area contributed by atoms with Gasteiger partial charge in [0.25, 0.3) is 5.91 Å². The lowest BCUT2D eigenvalue weighted by atomic mass is 10.0. The van der Waals surface area contributed by atoms with Crippen molar-refractivity contribution in [2.24, 2.45) is 7.05 Å². The van der Waals surface area contributed by atoms with Crippen molar-refractivity contribution in [3.8, 4) is 0 Å². The first-order valence-corrected chi connectivity index (χ1v) is 9.06. The van der Waals surface area contributed by atoms with E-state index >= 15 is 0 Å². The van der Waals surface area contributed by atoms with E-state index in [1.54, 1.807) is 30.3 Å². The van der Waals surface area contributed by atoms with Crippen molar-refractivity contribution >= 4 is 23.0 Å². The largest absolute Gasteiger partial charge is 0.334 e. The van der Waals surface area contributed by atoms with Crippen molar-refractivity contribution in [2.75, 3.05) is 6.54 Å². The van der Waals surface area contributed by atoms with Crippen molar-refractivity contribution in [3.63, 3.8) is 0 Å². The lowest BCUT2D eigenvalue weighted by Crippen LogP contribution is -2.36. The lowest BCUT2D eigenvalue weighted by Gasteiger charge is -2.23. The second-order valence-corrected chi connectivity index (χ2v) is 7.60. The quantitative estimate of drug-likeness (QED) is 0.781. The van der Waals surface area contributed by atoms with Gasteiger partial charge in [-0.05, 0) is 12.8 Å². The molecule has 0 saturated carbocycles. The summed E-state index contributed by atoms with van der Waals surface area (Å²) in [6.45, 7) is 4.84. The van der Waals surface area contributed by atoms with Gasteiger partial charge in [-0.1, -0.05) is 13.8 Å². The Morgan fingerprint density at radius 2 is 2.17 bits per heavy atom. The van der Waals surface area contributed by atoms with Gasteiger partial charge in [0.15, 0.2) is 5.78 Å². The standard InChI is InChI=1S/C17H22N4O2S/c1-11(2)16-18-9-15(24-16)17(23)21-6-4-5-13(21)7-14(22)12-8-19-20(3)10-12/h8-11,13H,4-7H2,1-3H3/t13-/m1/s1. The van der Waals surface area contributed by atoms with Crippen LogP contribution in [-0.4, -0.2) is 43.9 Å². The van der Waals surface area contributed by atoms with Crippen LogP contribution in [-0.2, 0) is 7.05 Å². The third-order valence-electron chi connectivity index (χ3n) is 4.31. The third-order valence-corrected chi connectivity index (χ3v) is 5.60. The van der Waals surface area contributed by atoms with Crippen LogP contribution in [0, 0.1) is 0 Å². The molecule has 3 heterocycles. The summed E-state index contributed by atoms with van der Waals surface area (Å²) in [6.07, 6.45) is 7.14. The van der Waals surface area contributed by atoms with Gasteiger partial charge in [0.1, 0.15) is 4.88 Å². The second kappa shape index (κ2) is 6.84. The molecule has 7 heteroatoms. The fraction of sp³-hybridized carbons (Fsp3) is 0.529. The monoisotopic (exact) mass is 346 g/mol. The molecule has 1 saturated heterocycles. The normalized spacial score (nSPS) is 17.7. The molecule has 0 radical (unpaired) electrons.